The van der Waals surface area contributed by atoms with Crippen molar-refractivity contribution in [1.29, 1.82) is 0 Å². The number of nitrogens with one attached hydrogen (secondary N) is 4. The molecule has 1 aromatic carbocycles. The highest BCUT2D eigenvalue weighted by atomic mass is 16.2. The van der Waals surface area contributed by atoms with Gasteiger partial charge in [-0.1, -0.05) is 18.2 Å². The number of hydrazine groups is 1. The molecule has 1 saturated heterocycles. The first-order valence-electron chi connectivity index (χ1n) is 10.1. The molecule has 0 unspecified atom stereocenters. The number of benzene rings is 1. The van der Waals surface area contributed by atoms with E-state index in [1.807, 2.05) is 0 Å². The van der Waals surface area contributed by atoms with Crippen molar-refractivity contribution >= 4 is 16.8 Å². The minimum Gasteiger partial charge on any atom is -0.361 e. The molecule has 5 nitrogen and oxygen atoms in total. The van der Waals surface area contributed by atoms with Gasteiger partial charge in [0.2, 0.25) is 5.91 Å². The van der Waals surface area contributed by atoms with Gasteiger partial charge in [0.25, 0.3) is 0 Å². The third-order valence-corrected chi connectivity index (χ3v) is 6.14. The first kappa shape index (κ1) is 17.6. The van der Waals surface area contributed by atoms with Gasteiger partial charge in [0.05, 0.1) is 0 Å². The molecule has 0 bridgehead atoms. The topological polar surface area (TPSA) is 69.0 Å². The number of hydrogen-bond donors (Lipinski definition) is 4. The van der Waals surface area contributed by atoms with E-state index in [9.17, 15) is 4.79 Å². The second kappa shape index (κ2) is 8.23. The highest BCUT2D eigenvalue weighted by molar-refractivity contribution is 5.83. The summed E-state index contributed by atoms with van der Waals surface area (Å²) in [6.07, 6.45) is 9.62. The number of aromatic nitrogens is 1. The van der Waals surface area contributed by atoms with Crippen LogP contribution in [-0.2, 0) is 4.79 Å². The van der Waals surface area contributed by atoms with Crippen LogP contribution in [0.1, 0.15) is 56.4 Å². The van der Waals surface area contributed by atoms with Crippen LogP contribution >= 0.6 is 0 Å². The Hall–Kier alpha value is -1.85. The lowest BCUT2D eigenvalue weighted by molar-refractivity contribution is -0.123. The molecule has 2 fully saturated rings. The van der Waals surface area contributed by atoms with Crippen LogP contribution < -0.4 is 16.2 Å². The Balaban J connectivity index is 1.23. The third kappa shape index (κ3) is 4.10. The summed E-state index contributed by atoms with van der Waals surface area (Å²) in [5.74, 6) is 1.31. The predicted molar refractivity (Wildman–Crippen MR) is 105 cm³/mol. The van der Waals surface area contributed by atoms with Gasteiger partial charge < -0.3 is 10.3 Å². The van der Waals surface area contributed by atoms with Crippen molar-refractivity contribution in [3.8, 4) is 0 Å². The van der Waals surface area contributed by atoms with Crippen LogP contribution in [0.3, 0.4) is 0 Å². The number of carbonyl (C=O) groups is 1. The monoisotopic (exact) mass is 354 g/mol. The van der Waals surface area contributed by atoms with Crippen molar-refractivity contribution in [2.45, 2.75) is 56.9 Å². The van der Waals surface area contributed by atoms with Crippen LogP contribution in [0.15, 0.2) is 30.5 Å². The molecule has 5 heteroatoms. The summed E-state index contributed by atoms with van der Waals surface area (Å²) in [6.45, 7) is 2.09. The molecule has 1 saturated carbocycles. The first-order valence-corrected chi connectivity index (χ1v) is 10.1. The number of H-pyrrole nitrogens is 1. The zero-order valence-corrected chi connectivity index (χ0v) is 15.4. The van der Waals surface area contributed by atoms with Crippen LogP contribution in [0.25, 0.3) is 10.9 Å². The lowest BCUT2D eigenvalue weighted by Crippen LogP contribution is -2.46. The molecule has 2 aromatic rings. The Morgan fingerprint density at radius 3 is 2.62 bits per heavy atom. The molecule has 2 heterocycles. The van der Waals surface area contributed by atoms with E-state index >= 15 is 0 Å². The second-order valence-electron chi connectivity index (χ2n) is 7.93. The minimum absolute atomic E-state index is 0.149. The van der Waals surface area contributed by atoms with Gasteiger partial charge in [-0.3, -0.25) is 10.2 Å². The van der Waals surface area contributed by atoms with Crippen LogP contribution in [0.2, 0.25) is 0 Å². The van der Waals surface area contributed by atoms with E-state index in [2.05, 4.69) is 51.6 Å². The maximum atomic E-state index is 12.2. The van der Waals surface area contributed by atoms with E-state index in [0.29, 0.717) is 24.3 Å². The molecule has 140 valence electrons. The fraction of sp³-hybridized carbons (Fsp3) is 0.571. The SMILES string of the molecule is O=C(CC1CCNCC1)NNC1CCC(c2c[nH]c3ccccc23)CC1. The normalized spacial score (nSPS) is 24.6. The van der Waals surface area contributed by atoms with Crippen molar-refractivity contribution in [3.05, 3.63) is 36.0 Å². The second-order valence-corrected chi connectivity index (χ2v) is 7.93. The van der Waals surface area contributed by atoms with Gasteiger partial charge in [0.1, 0.15) is 0 Å². The molecule has 1 aromatic heterocycles. The Bertz CT molecular complexity index is 726. The van der Waals surface area contributed by atoms with Crippen LogP contribution in [0.5, 0.6) is 0 Å². The molecule has 0 atom stereocenters. The maximum absolute atomic E-state index is 12.2. The molecule has 0 spiro atoms. The van der Waals surface area contributed by atoms with E-state index in [1.54, 1.807) is 0 Å². The number of fused-ring (bicyclic) bond motifs is 1. The molecule has 4 N–H and O–H groups in total. The van der Waals surface area contributed by atoms with E-state index in [-0.39, 0.29) is 5.91 Å². The number of amides is 1. The highest BCUT2D eigenvalue weighted by Crippen LogP contribution is 2.36. The number of aromatic amines is 1. The summed E-state index contributed by atoms with van der Waals surface area (Å²) in [4.78, 5) is 15.6. The van der Waals surface area contributed by atoms with Gasteiger partial charge in [-0.2, -0.15) is 0 Å². The maximum Gasteiger partial charge on any atom is 0.234 e. The molecular formula is C21H30N4O. The molecule has 1 aliphatic carbocycles. The van der Waals surface area contributed by atoms with Gasteiger partial charge in [0, 0.05) is 29.6 Å². The Kier molecular flexibility index (Phi) is 5.56. The van der Waals surface area contributed by atoms with Gasteiger partial charge in [-0.25, -0.2) is 5.43 Å². The lowest BCUT2D eigenvalue weighted by atomic mass is 9.82. The molecule has 1 amide bonds. The van der Waals surface area contributed by atoms with Crippen molar-refractivity contribution in [2.24, 2.45) is 5.92 Å². The van der Waals surface area contributed by atoms with Crippen LogP contribution in [0.4, 0.5) is 0 Å². The van der Waals surface area contributed by atoms with Gasteiger partial charge >= 0.3 is 0 Å². The largest absolute Gasteiger partial charge is 0.361 e. The Labute approximate surface area is 155 Å². The van der Waals surface area contributed by atoms with Crippen LogP contribution in [-0.4, -0.2) is 30.0 Å². The van der Waals surface area contributed by atoms with Crippen molar-refractivity contribution in [3.63, 3.8) is 0 Å². The molecule has 26 heavy (non-hydrogen) atoms. The summed E-state index contributed by atoms with van der Waals surface area (Å²) < 4.78 is 0. The minimum atomic E-state index is 0.149. The van der Waals surface area contributed by atoms with Crippen LogP contribution in [0, 0.1) is 5.92 Å². The van der Waals surface area contributed by atoms with Crippen molar-refractivity contribution in [2.75, 3.05) is 13.1 Å². The molecular weight excluding hydrogens is 324 g/mol. The molecule has 4 rings (SSSR count). The number of piperidine rings is 1. The summed E-state index contributed by atoms with van der Waals surface area (Å²) in [5.41, 5.74) is 8.94. The summed E-state index contributed by atoms with van der Waals surface area (Å²) in [6, 6.07) is 8.95. The zero-order chi connectivity index (χ0) is 17.8. The van der Waals surface area contributed by atoms with Crippen molar-refractivity contribution < 1.29 is 4.79 Å². The number of hydrogen-bond acceptors (Lipinski definition) is 3. The highest BCUT2D eigenvalue weighted by Gasteiger charge is 2.24. The molecule has 2 aliphatic rings. The summed E-state index contributed by atoms with van der Waals surface area (Å²) >= 11 is 0. The predicted octanol–water partition coefficient (Wildman–Crippen LogP) is 3.20. The van der Waals surface area contributed by atoms with Gasteiger partial charge in [0.15, 0.2) is 0 Å². The average molecular weight is 354 g/mol. The standard InChI is InChI=1S/C21H30N4O/c26-21(13-15-9-11-22-12-10-15)25-24-17-7-5-16(6-8-17)19-14-23-20-4-2-1-3-18(19)20/h1-4,14-17,22-24H,5-13H2,(H,25,26). The van der Waals surface area contributed by atoms with Crippen molar-refractivity contribution in [1.82, 2.24) is 21.2 Å². The third-order valence-electron chi connectivity index (χ3n) is 6.14. The summed E-state index contributed by atoms with van der Waals surface area (Å²) in [7, 11) is 0. The first-order chi connectivity index (χ1) is 12.8. The number of rotatable bonds is 5. The fourth-order valence-corrected chi connectivity index (χ4v) is 4.56. The smallest absolute Gasteiger partial charge is 0.234 e. The van der Waals surface area contributed by atoms with Gasteiger partial charge in [-0.05, 0) is 75.1 Å². The van der Waals surface area contributed by atoms with E-state index < -0.39 is 0 Å². The van der Waals surface area contributed by atoms with E-state index in [1.165, 1.54) is 29.3 Å². The molecule has 1 aliphatic heterocycles. The Morgan fingerprint density at radius 1 is 1.04 bits per heavy atom. The van der Waals surface area contributed by atoms with E-state index in [0.717, 1.165) is 38.8 Å². The zero-order valence-electron chi connectivity index (χ0n) is 15.4. The molecule has 0 radical (unpaired) electrons. The average Bonchev–Trinajstić information content (AvgIpc) is 3.12. The summed E-state index contributed by atoms with van der Waals surface area (Å²) in [5, 5.41) is 4.71. The van der Waals surface area contributed by atoms with Gasteiger partial charge in [-0.15, -0.1) is 0 Å². The lowest BCUT2D eigenvalue weighted by Gasteiger charge is -2.29. The quantitative estimate of drug-likeness (QED) is 0.623. The van der Waals surface area contributed by atoms with E-state index in [4.69, 9.17) is 0 Å². The Morgan fingerprint density at radius 2 is 1.81 bits per heavy atom. The number of para-hydroxylation sites is 1. The fourth-order valence-electron chi connectivity index (χ4n) is 4.56. The number of carbonyl (C=O) groups excluding carboxylic acids is 1.